The lowest BCUT2D eigenvalue weighted by atomic mass is 8.87. The van der Waals surface area contributed by atoms with E-state index in [0.717, 1.165) is 24.9 Å². The monoisotopic (exact) mass is 1420 g/mol. The van der Waals surface area contributed by atoms with Crippen LogP contribution in [0.1, 0.15) is 26.7 Å². The van der Waals surface area contributed by atoms with Gasteiger partial charge in [0.15, 0.2) is 200 Å². The highest BCUT2D eigenvalue weighted by molar-refractivity contribution is 6.74. The van der Waals surface area contributed by atoms with Crippen LogP contribution in [0.15, 0.2) is 0 Å². The molecule has 0 aromatic rings. The Morgan fingerprint density at radius 1 is 0.337 bits per heavy atom. The molecule has 0 amide bonds. The molecule has 0 saturated heterocycles. The van der Waals surface area contributed by atoms with Crippen molar-refractivity contribution < 1.29 is 80.0 Å². The summed E-state index contributed by atoms with van der Waals surface area (Å²) in [5, 5.41) is 0. The third kappa shape index (κ3) is 5.78. The van der Waals surface area contributed by atoms with Gasteiger partial charge < -0.3 is 80.0 Å². The minimum Gasteiger partial charge on any atom is -0.534 e. The second-order valence-corrected chi connectivity index (χ2v) is 66.3. The molecule has 0 heterocycles. The average Bonchev–Trinajstić information content (AvgIpc) is 0.502. The predicted molar refractivity (Wildman–Crippen MR) is 364 cm³/mol. The molecule has 18 nitrogen and oxygen atoms in total. The molecule has 0 aromatic heterocycles. The fourth-order valence-electron chi connectivity index (χ4n) is 21.8. The number of rotatable bonds is 38. The van der Waals surface area contributed by atoms with E-state index in [2.05, 4.69) is 178 Å². The van der Waals surface area contributed by atoms with Crippen LogP contribution in [0, 0.1) is 0 Å². The van der Waals surface area contributed by atoms with Crippen LogP contribution in [0.25, 0.3) is 0 Å². The fourth-order valence-corrected chi connectivity index (χ4v) is 43.5. The van der Waals surface area contributed by atoms with Gasteiger partial charge in [0.05, 0.1) is 5.86 Å². The first-order valence-electron chi connectivity index (χ1n) is 31.7. The van der Waals surface area contributed by atoms with Gasteiger partial charge in [-0.2, -0.15) is 0 Å². The van der Waals surface area contributed by atoms with Gasteiger partial charge in [0.1, 0.15) is 0 Å². The van der Waals surface area contributed by atoms with E-state index in [1.54, 1.807) is 14.2 Å². The Morgan fingerprint density at radius 2 is 0.590 bits per heavy atom. The van der Waals surface area contributed by atoms with E-state index in [9.17, 15) is 0 Å². The summed E-state index contributed by atoms with van der Waals surface area (Å²) >= 11 is 0. The van der Waals surface area contributed by atoms with Crippen molar-refractivity contribution in [2.75, 3.05) is 14.2 Å². The van der Waals surface area contributed by atoms with Gasteiger partial charge in [0, 0.05) is 14.2 Å². The molecule has 0 spiro atoms. The molecule has 478 valence electrons. The molecule has 12 fully saturated rings. The van der Waals surface area contributed by atoms with Crippen molar-refractivity contribution in [1.29, 1.82) is 0 Å². The standard InChI is InChI=1S/C50H110O18Si15/c1-30-32-80(22,23)65-47-38(56-71-7)37(55-70-6)40(58-73-9)39(38,57-72-8)48(47,66-81(24,25)33-31-2)49(40,46(37,47)64-79(19,20)21)68-83(28,29)53-34-76(12)61-43-41(59-74-10)36(54-69-5)35(51-3)44(41,62-77(13,14)15)50(43,67-82(26,27)52-4)45(35,63-78(16,17)18)42(36,43)60-75-11/h34H,30-33,69-75H2,1-29H3/b76-34-. The second-order valence-electron chi connectivity index (χ2n) is 30.2. The average molecular weight is 1420 g/mol. The van der Waals surface area contributed by atoms with E-state index < -0.39 is 225 Å². The van der Waals surface area contributed by atoms with E-state index in [1.807, 2.05) is 5.86 Å². The largest absolute Gasteiger partial charge is 0.534 e. The summed E-state index contributed by atoms with van der Waals surface area (Å²) in [6.45, 7) is 60.3. The number of hydrogen-bond donors (Lipinski definition) is 0. The molecule has 33 heteroatoms. The highest BCUT2D eigenvalue weighted by atomic mass is 28.4. The van der Waals surface area contributed by atoms with Crippen LogP contribution in [0.4, 0.5) is 0 Å². The number of ether oxygens (including phenoxy) is 1. The maximum Gasteiger partial charge on any atom is 0.392 e. The number of hydrogen-bond acceptors (Lipinski definition) is 18. The van der Waals surface area contributed by atoms with E-state index in [0.29, 0.717) is 0 Å². The minimum atomic E-state index is -3.45. The van der Waals surface area contributed by atoms with Crippen molar-refractivity contribution in [3.05, 3.63) is 0 Å². The van der Waals surface area contributed by atoms with Gasteiger partial charge >= 0.3 is 17.1 Å². The molecule has 12 aliphatic rings. The summed E-state index contributed by atoms with van der Waals surface area (Å²) in [4.78, 5) is 0. The Kier molecular flexibility index (Phi) is 15.9. The summed E-state index contributed by atoms with van der Waals surface area (Å²) in [5.74, 6) is 1.96. The summed E-state index contributed by atoms with van der Waals surface area (Å²) in [6, 6.07) is 1.90. The topological polar surface area (TPSA) is 166 Å². The van der Waals surface area contributed by atoms with Gasteiger partial charge in [-0.1, -0.05) is 72.5 Å². The van der Waals surface area contributed by atoms with Crippen LogP contribution in [0.2, 0.25) is 176 Å². The molecule has 12 saturated carbocycles. The summed E-state index contributed by atoms with van der Waals surface area (Å²) in [5.41, 5.74) is -17.8. The van der Waals surface area contributed by atoms with Crippen molar-refractivity contribution >= 4 is 142 Å². The molecule has 0 radical (unpaired) electrons. The molecule has 12 atom stereocenters. The zero-order chi connectivity index (χ0) is 62.3. The molecule has 0 aromatic carbocycles. The lowest BCUT2D eigenvalue weighted by Crippen LogP contribution is -3.53. The maximum atomic E-state index is 8.35. The molecular formula is C50H110O18Si15. The van der Waals surface area contributed by atoms with Gasteiger partial charge in [0.2, 0.25) is 0 Å². The van der Waals surface area contributed by atoms with Crippen LogP contribution in [0.3, 0.4) is 0 Å². The zero-order valence-corrected chi connectivity index (χ0v) is 74.6. The Hall–Kier alpha value is 2.08. The smallest absolute Gasteiger partial charge is 0.392 e. The molecular weight excluding hydrogens is 1310 g/mol. The van der Waals surface area contributed by atoms with Gasteiger partial charge in [-0.3, -0.25) is 0 Å². The van der Waals surface area contributed by atoms with Crippen molar-refractivity contribution in [2.24, 2.45) is 0 Å². The van der Waals surface area contributed by atoms with E-state index in [4.69, 9.17) is 80.0 Å². The SMILES string of the molecule is CCC[Si](C)(C)OC12C3(O[SiH2]C)C4(O[SiH2]C)C5(O[SiH2]C)C3(O[SiH2]C)C1(O[Si](C)(C)CCC)C5(O[Si](C)(C)O/C=[Si](/C)OC13C5(O[SiH2]C)C6(O[SiH2]C)C7(OC)C5(O[Si](C)(C)C)C1(O[Si](C)(C)OC)C7(O[Si](C)(C)C)C63O[SiH2]C)C42O[Si](C)(C)C. The van der Waals surface area contributed by atoms with Crippen LogP contribution in [0.5, 0.6) is 0 Å². The Bertz CT molecular complexity index is 2610. The molecule has 12 unspecified atom stereocenters. The Labute approximate surface area is 524 Å². The molecule has 0 aliphatic heterocycles. The van der Waals surface area contributed by atoms with Crippen LogP contribution >= 0.6 is 0 Å². The molecule has 12 aliphatic carbocycles. The minimum absolute atomic E-state index is 0.944. The third-order valence-corrected chi connectivity index (χ3v) is 38.3. The lowest BCUT2D eigenvalue weighted by Gasteiger charge is -3.24. The maximum absolute atomic E-state index is 8.35. The van der Waals surface area contributed by atoms with Crippen LogP contribution in [-0.2, 0) is 80.0 Å². The van der Waals surface area contributed by atoms with E-state index >= 15 is 0 Å². The lowest BCUT2D eigenvalue weighted by molar-refractivity contribution is -0.840. The van der Waals surface area contributed by atoms with Crippen LogP contribution in [-0.4, -0.2) is 245 Å². The quantitative estimate of drug-likeness (QED) is 0.0824. The number of methoxy groups -OCH3 is 1. The zero-order valence-electron chi connectivity index (χ0n) is 56.7. The van der Waals surface area contributed by atoms with Crippen molar-refractivity contribution in [1.82, 2.24) is 0 Å². The second kappa shape index (κ2) is 19.4. The highest BCUT2D eigenvalue weighted by Crippen LogP contribution is 3.18. The predicted octanol–water partition coefficient (Wildman–Crippen LogP) is 3.53. The Balaban J connectivity index is 1.16. The molecule has 0 bridgehead atoms. The van der Waals surface area contributed by atoms with E-state index in [-0.39, 0.29) is 0 Å². The van der Waals surface area contributed by atoms with Crippen LogP contribution < -0.4 is 0 Å². The third-order valence-electron chi connectivity index (χ3n) is 20.8. The normalized spacial score (nSPS) is 47.8. The summed E-state index contributed by atoms with van der Waals surface area (Å²) < 4.78 is 139. The van der Waals surface area contributed by atoms with Gasteiger partial charge in [-0.15, -0.1) is 0 Å². The Morgan fingerprint density at radius 3 is 0.867 bits per heavy atom. The van der Waals surface area contributed by atoms with Gasteiger partial charge in [-0.25, -0.2) is 0 Å². The van der Waals surface area contributed by atoms with Crippen molar-refractivity contribution in [2.45, 2.75) is 292 Å². The first-order chi connectivity index (χ1) is 38.2. The highest BCUT2D eigenvalue weighted by Gasteiger charge is 3.48. The first-order valence-corrected chi connectivity index (χ1v) is 69.8. The summed E-state index contributed by atoms with van der Waals surface area (Å²) in [6.07, 6.45) is 1.98. The molecule has 83 heavy (non-hydrogen) atoms. The molecule has 0 N–H and O–H groups in total. The first kappa shape index (κ1) is 68.0. The van der Waals surface area contributed by atoms with Crippen molar-refractivity contribution in [3.8, 4) is 0 Å². The summed E-state index contributed by atoms with van der Waals surface area (Å²) in [7, 11) is -25.8. The molecule has 12 rings (SSSR count). The van der Waals surface area contributed by atoms with Crippen molar-refractivity contribution in [3.63, 3.8) is 0 Å². The van der Waals surface area contributed by atoms with Gasteiger partial charge in [-0.05, 0) is 130 Å². The van der Waals surface area contributed by atoms with E-state index in [1.165, 1.54) is 0 Å². The fraction of sp³-hybridized carbons (Fsp3) is 0.980. The van der Waals surface area contributed by atoms with Gasteiger partial charge in [0.25, 0.3) is 8.65 Å².